The van der Waals surface area contributed by atoms with Gasteiger partial charge < -0.3 is 5.11 Å². The van der Waals surface area contributed by atoms with E-state index >= 15 is 0 Å². The molecule has 0 rings (SSSR count). The Morgan fingerprint density at radius 1 is 1.60 bits per heavy atom. The predicted molar refractivity (Wildman–Crippen MR) is 47.6 cm³/mol. The average molecular weight is 178 g/mol. The van der Waals surface area contributed by atoms with E-state index in [1.807, 2.05) is 0 Å². The van der Waals surface area contributed by atoms with Crippen LogP contribution in [0.2, 0.25) is 0 Å². The van der Waals surface area contributed by atoms with Crippen LogP contribution in [-0.4, -0.2) is 20.0 Å². The van der Waals surface area contributed by atoms with E-state index in [0.29, 0.717) is 4.20 Å². The molecule has 0 unspecified atom stereocenters. The van der Waals surface area contributed by atoms with Crippen molar-refractivity contribution < 1.29 is 9.90 Å². The van der Waals surface area contributed by atoms with Gasteiger partial charge in [0.15, 0.2) is 0 Å². The Hall–Kier alpha value is -0.0900. The minimum Gasteiger partial charge on any atom is -0.480 e. The van der Waals surface area contributed by atoms with Gasteiger partial charge in [-0.05, 0) is 20.8 Å². The molecule has 0 radical (unpaired) electrons. The highest BCUT2D eigenvalue weighted by molar-refractivity contribution is 8.24. The summed E-state index contributed by atoms with van der Waals surface area (Å²) in [6.07, 6.45) is 0. The van der Waals surface area contributed by atoms with Gasteiger partial charge in [-0.15, -0.1) is 11.8 Å². The lowest BCUT2D eigenvalue weighted by atomic mass is 10.2. The van der Waals surface area contributed by atoms with Crippen LogP contribution in [0.5, 0.6) is 0 Å². The number of hydrogen-bond donors (Lipinski definition) is 1. The molecular formula is C6H10O2S2. The van der Waals surface area contributed by atoms with Gasteiger partial charge in [0, 0.05) is 4.20 Å². The van der Waals surface area contributed by atoms with Gasteiger partial charge in [-0.2, -0.15) is 0 Å². The third kappa shape index (κ3) is 3.17. The molecule has 0 heterocycles. The van der Waals surface area contributed by atoms with Gasteiger partial charge in [-0.25, -0.2) is 0 Å². The number of thioether (sulfide) groups is 1. The van der Waals surface area contributed by atoms with Crippen LogP contribution in [0, 0.1) is 0 Å². The quantitative estimate of drug-likeness (QED) is 0.656. The number of aliphatic carboxylic acids is 1. The number of hydrogen-bond acceptors (Lipinski definition) is 3. The summed E-state index contributed by atoms with van der Waals surface area (Å²) in [6, 6.07) is 0. The standard InChI is InChI=1S/C6H10O2S2/c1-4(9)10-6(2,3)5(7)8/h1-3H3,(H,7,8). The topological polar surface area (TPSA) is 37.3 Å². The van der Waals surface area contributed by atoms with E-state index in [9.17, 15) is 4.79 Å². The second-order valence-electron chi connectivity index (χ2n) is 2.41. The zero-order valence-electron chi connectivity index (χ0n) is 6.17. The highest BCUT2D eigenvalue weighted by Gasteiger charge is 2.28. The molecule has 0 spiro atoms. The molecule has 58 valence electrons. The fraction of sp³-hybridized carbons (Fsp3) is 0.667. The van der Waals surface area contributed by atoms with Crippen molar-refractivity contribution in [3.05, 3.63) is 0 Å². The van der Waals surface area contributed by atoms with Gasteiger partial charge in [0.25, 0.3) is 0 Å². The first kappa shape index (κ1) is 9.91. The van der Waals surface area contributed by atoms with Crippen molar-refractivity contribution in [1.29, 1.82) is 0 Å². The number of thiocarbonyl (C=S) groups is 1. The molecule has 4 heteroatoms. The lowest BCUT2D eigenvalue weighted by molar-refractivity contribution is -0.138. The van der Waals surface area contributed by atoms with E-state index in [0.717, 1.165) is 0 Å². The van der Waals surface area contributed by atoms with Gasteiger partial charge >= 0.3 is 5.97 Å². The predicted octanol–water partition coefficient (Wildman–Crippen LogP) is 1.93. The maximum Gasteiger partial charge on any atom is 0.319 e. The highest BCUT2D eigenvalue weighted by atomic mass is 32.2. The first-order valence-electron chi connectivity index (χ1n) is 2.79. The van der Waals surface area contributed by atoms with Crippen LogP contribution in [0.3, 0.4) is 0 Å². The summed E-state index contributed by atoms with van der Waals surface area (Å²) < 4.78 is -0.126. The van der Waals surface area contributed by atoms with Crippen LogP contribution in [0.15, 0.2) is 0 Å². The van der Waals surface area contributed by atoms with Gasteiger partial charge in [-0.1, -0.05) is 12.2 Å². The SMILES string of the molecule is CC(=S)SC(C)(C)C(=O)O. The lowest BCUT2D eigenvalue weighted by Crippen LogP contribution is -2.28. The van der Waals surface area contributed by atoms with Gasteiger partial charge in [0.1, 0.15) is 4.75 Å². The summed E-state index contributed by atoms with van der Waals surface area (Å²) in [5.74, 6) is -0.832. The van der Waals surface area contributed by atoms with Gasteiger partial charge in [-0.3, -0.25) is 4.79 Å². The van der Waals surface area contributed by atoms with E-state index in [1.54, 1.807) is 20.8 Å². The molecule has 0 fully saturated rings. The Kier molecular flexibility index (Phi) is 3.31. The van der Waals surface area contributed by atoms with E-state index < -0.39 is 10.7 Å². The number of carboxylic acid groups (broad SMARTS) is 1. The van der Waals surface area contributed by atoms with Crippen LogP contribution >= 0.6 is 24.0 Å². The Bertz CT molecular complexity index is 163. The smallest absolute Gasteiger partial charge is 0.319 e. The van der Waals surface area contributed by atoms with Crippen LogP contribution in [0.4, 0.5) is 0 Å². The minimum absolute atomic E-state index is 0.660. The van der Waals surface area contributed by atoms with E-state index in [4.69, 9.17) is 17.3 Å². The molecular weight excluding hydrogens is 168 g/mol. The monoisotopic (exact) mass is 178 g/mol. The first-order chi connectivity index (χ1) is 4.36. The van der Waals surface area contributed by atoms with Gasteiger partial charge in [0.05, 0.1) is 0 Å². The Labute approximate surface area is 70.0 Å². The second-order valence-corrected chi connectivity index (χ2v) is 5.12. The number of carboxylic acids is 1. The van der Waals surface area contributed by atoms with Crippen LogP contribution in [-0.2, 0) is 4.79 Å². The highest BCUT2D eigenvalue weighted by Crippen LogP contribution is 2.25. The van der Waals surface area contributed by atoms with Gasteiger partial charge in [0.2, 0.25) is 0 Å². The maximum atomic E-state index is 10.5. The third-order valence-corrected chi connectivity index (χ3v) is 2.14. The molecule has 0 bridgehead atoms. The Balaban J connectivity index is 4.13. The van der Waals surface area contributed by atoms with Crippen LogP contribution in [0.1, 0.15) is 20.8 Å². The zero-order chi connectivity index (χ0) is 8.36. The maximum absolute atomic E-state index is 10.5. The summed E-state index contributed by atoms with van der Waals surface area (Å²) in [5.41, 5.74) is 0. The summed E-state index contributed by atoms with van der Waals surface area (Å²) in [6.45, 7) is 5.00. The Morgan fingerprint density at radius 2 is 2.00 bits per heavy atom. The van der Waals surface area contributed by atoms with E-state index in [-0.39, 0.29) is 0 Å². The van der Waals surface area contributed by atoms with Crippen molar-refractivity contribution in [3.8, 4) is 0 Å². The molecule has 0 aliphatic rings. The molecule has 0 aromatic heterocycles. The number of rotatable bonds is 2. The van der Waals surface area contributed by atoms with E-state index in [2.05, 4.69) is 0 Å². The Morgan fingerprint density at radius 3 is 2.10 bits per heavy atom. The first-order valence-corrected chi connectivity index (χ1v) is 4.01. The molecule has 10 heavy (non-hydrogen) atoms. The van der Waals surface area contributed by atoms with Crippen molar-refractivity contribution >= 4 is 34.1 Å². The third-order valence-electron chi connectivity index (χ3n) is 0.914. The van der Waals surface area contributed by atoms with Crippen molar-refractivity contribution in [2.75, 3.05) is 0 Å². The molecule has 0 aliphatic carbocycles. The summed E-state index contributed by atoms with van der Waals surface area (Å²) in [5, 5.41) is 8.61. The van der Waals surface area contributed by atoms with Crippen molar-refractivity contribution in [3.63, 3.8) is 0 Å². The van der Waals surface area contributed by atoms with E-state index in [1.165, 1.54) is 11.8 Å². The molecule has 0 aromatic rings. The van der Waals surface area contributed by atoms with Crippen molar-refractivity contribution in [2.24, 2.45) is 0 Å². The summed E-state index contributed by atoms with van der Waals surface area (Å²) in [4.78, 5) is 10.5. The molecule has 0 aromatic carbocycles. The molecule has 0 amide bonds. The molecule has 0 aliphatic heterocycles. The average Bonchev–Trinajstić information content (AvgIpc) is 1.60. The molecule has 0 saturated heterocycles. The fourth-order valence-electron chi connectivity index (χ4n) is 0.403. The lowest BCUT2D eigenvalue weighted by Gasteiger charge is -2.16. The normalized spacial score (nSPS) is 11.1. The summed E-state index contributed by atoms with van der Waals surface area (Å²) in [7, 11) is 0. The molecule has 0 atom stereocenters. The zero-order valence-corrected chi connectivity index (χ0v) is 7.80. The largest absolute Gasteiger partial charge is 0.480 e. The molecule has 1 N–H and O–H groups in total. The minimum atomic E-state index is -0.832. The van der Waals surface area contributed by atoms with Crippen molar-refractivity contribution in [2.45, 2.75) is 25.5 Å². The van der Waals surface area contributed by atoms with Crippen LogP contribution < -0.4 is 0 Å². The van der Waals surface area contributed by atoms with Crippen molar-refractivity contribution in [1.82, 2.24) is 0 Å². The molecule has 2 nitrogen and oxygen atoms in total. The molecule has 0 saturated carbocycles. The second kappa shape index (κ2) is 3.34. The number of carbonyl (C=O) groups is 1. The van der Waals surface area contributed by atoms with Crippen LogP contribution in [0.25, 0.3) is 0 Å². The summed E-state index contributed by atoms with van der Waals surface area (Å²) >= 11 is 5.96. The fourth-order valence-corrected chi connectivity index (χ4v) is 1.83.